The molecule has 0 spiro atoms. The molecule has 2 rings (SSSR count). The number of hydrogen-bond acceptors (Lipinski definition) is 4. The molecule has 3 N–H and O–H groups in total. The fraction of sp³-hybridized carbons (Fsp3) is 0.211. The summed E-state index contributed by atoms with van der Waals surface area (Å²) in [6.45, 7) is 1.09. The number of aliphatic carboxylic acids is 1. The predicted octanol–water partition coefficient (Wildman–Crippen LogP) is 2.56. The van der Waals surface area contributed by atoms with E-state index in [1.54, 1.807) is 6.07 Å². The van der Waals surface area contributed by atoms with Crippen LogP contribution < -0.4 is 0 Å². The molecule has 0 atom stereocenters. The summed E-state index contributed by atoms with van der Waals surface area (Å²) >= 11 is 0. The van der Waals surface area contributed by atoms with E-state index in [1.807, 2.05) is 35.2 Å². The number of carboxylic acids is 3. The summed E-state index contributed by atoms with van der Waals surface area (Å²) in [5.41, 5.74) is 1.04. The van der Waals surface area contributed by atoms with E-state index in [0.717, 1.165) is 5.56 Å². The van der Waals surface area contributed by atoms with Gasteiger partial charge in [-0.1, -0.05) is 36.4 Å². The minimum atomic E-state index is -1.32. The Labute approximate surface area is 150 Å². The first-order valence-corrected chi connectivity index (χ1v) is 7.94. The summed E-state index contributed by atoms with van der Waals surface area (Å²) in [5, 5.41) is 27.3. The number of nitrogens with zero attached hydrogens (tertiary/aromatic N) is 1. The van der Waals surface area contributed by atoms with Crippen LogP contribution in [0.2, 0.25) is 0 Å². The van der Waals surface area contributed by atoms with Crippen LogP contribution in [0.25, 0.3) is 0 Å². The topological polar surface area (TPSA) is 115 Å². The number of carboxylic acid groups (broad SMARTS) is 3. The third-order valence-electron chi connectivity index (χ3n) is 3.84. The SMILES string of the molecule is O=C(O)CCN(Cc1ccccc1)Cc1ccc(C(=O)O)c(C(=O)O)c1. The van der Waals surface area contributed by atoms with Crippen LogP contribution in [-0.2, 0) is 17.9 Å². The minimum absolute atomic E-state index is 0.0498. The van der Waals surface area contributed by atoms with Gasteiger partial charge in [0.05, 0.1) is 17.5 Å². The first-order valence-electron chi connectivity index (χ1n) is 7.94. The quantitative estimate of drug-likeness (QED) is 0.632. The molecule has 0 aliphatic heterocycles. The normalized spacial score (nSPS) is 10.7. The van der Waals surface area contributed by atoms with Crippen LogP contribution in [0.1, 0.15) is 38.3 Å². The molecule has 0 bridgehead atoms. The lowest BCUT2D eigenvalue weighted by atomic mass is 10.0. The van der Waals surface area contributed by atoms with Gasteiger partial charge in [0.25, 0.3) is 0 Å². The number of carbonyl (C=O) groups is 3. The maximum atomic E-state index is 11.3. The van der Waals surface area contributed by atoms with Gasteiger partial charge in [-0.3, -0.25) is 9.69 Å². The second-order valence-corrected chi connectivity index (χ2v) is 5.83. The van der Waals surface area contributed by atoms with Gasteiger partial charge in [-0.05, 0) is 23.3 Å². The predicted molar refractivity (Wildman–Crippen MR) is 93.2 cm³/mol. The Kier molecular flexibility index (Phi) is 6.46. The highest BCUT2D eigenvalue weighted by Gasteiger charge is 2.17. The van der Waals surface area contributed by atoms with Crippen molar-refractivity contribution in [3.63, 3.8) is 0 Å². The highest BCUT2D eigenvalue weighted by Crippen LogP contribution is 2.16. The molecule has 7 heteroatoms. The zero-order valence-corrected chi connectivity index (χ0v) is 14.0. The van der Waals surface area contributed by atoms with Gasteiger partial charge in [0.15, 0.2) is 0 Å². The molecule has 0 saturated heterocycles. The summed E-state index contributed by atoms with van der Waals surface area (Å²) in [6.07, 6.45) is -0.0498. The van der Waals surface area contributed by atoms with Crippen molar-refractivity contribution in [1.29, 1.82) is 0 Å². The number of aromatic carboxylic acids is 2. The lowest BCUT2D eigenvalue weighted by Crippen LogP contribution is -2.26. The third-order valence-corrected chi connectivity index (χ3v) is 3.84. The van der Waals surface area contributed by atoms with Gasteiger partial charge >= 0.3 is 17.9 Å². The molecule has 0 aromatic heterocycles. The van der Waals surface area contributed by atoms with E-state index < -0.39 is 17.9 Å². The van der Waals surface area contributed by atoms with E-state index in [4.69, 9.17) is 10.2 Å². The van der Waals surface area contributed by atoms with Crippen LogP contribution in [0.3, 0.4) is 0 Å². The van der Waals surface area contributed by atoms with E-state index in [2.05, 4.69) is 0 Å². The molecule has 0 aliphatic carbocycles. The van der Waals surface area contributed by atoms with Crippen molar-refractivity contribution in [3.8, 4) is 0 Å². The Morgan fingerprint density at radius 1 is 0.769 bits per heavy atom. The Balaban J connectivity index is 2.23. The maximum Gasteiger partial charge on any atom is 0.336 e. The standard InChI is InChI=1S/C19H19NO6/c21-17(22)8-9-20(11-13-4-2-1-3-5-13)12-14-6-7-15(18(23)24)16(10-14)19(25)26/h1-7,10H,8-9,11-12H2,(H,21,22)(H,23,24)(H,25,26). The number of hydrogen-bond donors (Lipinski definition) is 3. The summed E-state index contributed by atoms with van der Waals surface area (Å²) in [5.74, 6) is -3.54. The lowest BCUT2D eigenvalue weighted by molar-refractivity contribution is -0.137. The smallest absolute Gasteiger partial charge is 0.336 e. The maximum absolute atomic E-state index is 11.3. The van der Waals surface area contributed by atoms with Crippen molar-refractivity contribution in [3.05, 3.63) is 70.8 Å². The van der Waals surface area contributed by atoms with Crippen LogP contribution in [0.5, 0.6) is 0 Å². The zero-order chi connectivity index (χ0) is 19.1. The molecule has 0 fully saturated rings. The second-order valence-electron chi connectivity index (χ2n) is 5.83. The Hall–Kier alpha value is -3.19. The van der Waals surface area contributed by atoms with Gasteiger partial charge in [0.1, 0.15) is 0 Å². The van der Waals surface area contributed by atoms with Crippen LogP contribution in [0.15, 0.2) is 48.5 Å². The summed E-state index contributed by atoms with van der Waals surface area (Å²) in [7, 11) is 0. The summed E-state index contributed by atoms with van der Waals surface area (Å²) in [6, 6.07) is 13.6. The van der Waals surface area contributed by atoms with Crippen LogP contribution in [0, 0.1) is 0 Å². The fourth-order valence-electron chi connectivity index (χ4n) is 2.62. The fourth-order valence-corrected chi connectivity index (χ4v) is 2.62. The van der Waals surface area contributed by atoms with Gasteiger partial charge in [0.2, 0.25) is 0 Å². The van der Waals surface area contributed by atoms with Crippen LogP contribution >= 0.6 is 0 Å². The van der Waals surface area contributed by atoms with Gasteiger partial charge in [0, 0.05) is 19.6 Å². The van der Waals surface area contributed by atoms with Crippen molar-refractivity contribution in [2.75, 3.05) is 6.54 Å². The van der Waals surface area contributed by atoms with Crippen LogP contribution in [-0.4, -0.2) is 44.7 Å². The molecule has 0 saturated carbocycles. The largest absolute Gasteiger partial charge is 0.481 e. The van der Waals surface area contributed by atoms with E-state index in [1.165, 1.54) is 12.1 Å². The first-order chi connectivity index (χ1) is 12.4. The molecular formula is C19H19NO6. The van der Waals surface area contributed by atoms with Crippen molar-refractivity contribution >= 4 is 17.9 Å². The highest BCUT2D eigenvalue weighted by atomic mass is 16.4. The molecule has 2 aromatic rings. The molecule has 136 valence electrons. The average molecular weight is 357 g/mol. The molecule has 26 heavy (non-hydrogen) atoms. The van der Waals surface area contributed by atoms with E-state index >= 15 is 0 Å². The van der Waals surface area contributed by atoms with Gasteiger partial charge in [-0.2, -0.15) is 0 Å². The van der Waals surface area contributed by atoms with E-state index in [0.29, 0.717) is 18.7 Å². The highest BCUT2D eigenvalue weighted by molar-refractivity contribution is 6.01. The minimum Gasteiger partial charge on any atom is -0.481 e. The molecular weight excluding hydrogens is 338 g/mol. The van der Waals surface area contributed by atoms with Crippen LogP contribution in [0.4, 0.5) is 0 Å². The van der Waals surface area contributed by atoms with Gasteiger partial charge in [-0.25, -0.2) is 9.59 Å². The monoisotopic (exact) mass is 357 g/mol. The molecule has 0 aliphatic rings. The molecule has 2 aromatic carbocycles. The Morgan fingerprint density at radius 2 is 1.38 bits per heavy atom. The van der Waals surface area contributed by atoms with Gasteiger partial charge in [-0.15, -0.1) is 0 Å². The molecule has 0 heterocycles. The molecule has 7 nitrogen and oxygen atoms in total. The summed E-state index contributed by atoms with van der Waals surface area (Å²) < 4.78 is 0. The molecule has 0 radical (unpaired) electrons. The van der Waals surface area contributed by atoms with Crippen molar-refractivity contribution in [2.45, 2.75) is 19.5 Å². The molecule has 0 unspecified atom stereocenters. The second kappa shape index (κ2) is 8.77. The van der Waals surface area contributed by atoms with Crippen molar-refractivity contribution < 1.29 is 29.7 Å². The number of benzene rings is 2. The average Bonchev–Trinajstić information content (AvgIpc) is 2.60. The zero-order valence-electron chi connectivity index (χ0n) is 14.0. The summed E-state index contributed by atoms with van der Waals surface area (Å²) in [4.78, 5) is 35.2. The van der Waals surface area contributed by atoms with Crippen molar-refractivity contribution in [2.24, 2.45) is 0 Å². The molecule has 0 amide bonds. The lowest BCUT2D eigenvalue weighted by Gasteiger charge is -2.22. The van der Waals surface area contributed by atoms with E-state index in [9.17, 15) is 19.5 Å². The Morgan fingerprint density at radius 3 is 1.96 bits per heavy atom. The first kappa shape index (κ1) is 19.1. The third kappa shape index (κ3) is 5.42. The van der Waals surface area contributed by atoms with Gasteiger partial charge < -0.3 is 15.3 Å². The van der Waals surface area contributed by atoms with E-state index in [-0.39, 0.29) is 24.1 Å². The number of rotatable bonds is 9. The Bertz CT molecular complexity index is 803. The van der Waals surface area contributed by atoms with Crippen molar-refractivity contribution in [1.82, 2.24) is 4.90 Å².